The second kappa shape index (κ2) is 6.30. The molecule has 2 rings (SSSR count). The Labute approximate surface area is 113 Å². The van der Waals surface area contributed by atoms with Gasteiger partial charge in [-0.05, 0) is 37.8 Å². The van der Waals surface area contributed by atoms with Gasteiger partial charge in [-0.25, -0.2) is 0 Å². The van der Waals surface area contributed by atoms with Gasteiger partial charge in [0.25, 0.3) is 0 Å². The average molecular weight is 270 g/mol. The van der Waals surface area contributed by atoms with E-state index in [4.69, 9.17) is 21.1 Å². The number of anilines is 1. The van der Waals surface area contributed by atoms with E-state index in [1.807, 2.05) is 18.2 Å². The van der Waals surface area contributed by atoms with E-state index in [1.165, 1.54) is 19.3 Å². The Kier molecular flexibility index (Phi) is 4.72. The zero-order valence-electron chi connectivity index (χ0n) is 10.9. The molecule has 1 aliphatic carbocycles. The number of halogens is 1. The lowest BCUT2D eigenvalue weighted by atomic mass is 9.92. The molecule has 2 atom stereocenters. The quantitative estimate of drug-likeness (QED) is 0.904. The molecule has 18 heavy (non-hydrogen) atoms. The van der Waals surface area contributed by atoms with Gasteiger partial charge in [-0.2, -0.15) is 0 Å². The Morgan fingerprint density at radius 2 is 2.11 bits per heavy atom. The van der Waals surface area contributed by atoms with Gasteiger partial charge in [-0.1, -0.05) is 11.6 Å². The first-order chi connectivity index (χ1) is 8.72. The fourth-order valence-electron chi connectivity index (χ4n) is 2.48. The first kappa shape index (κ1) is 13.5. The highest BCUT2D eigenvalue weighted by Crippen LogP contribution is 2.29. The SMILES string of the molecule is COc1cc(NC2CCCC(OC)C2)ccc1Cl. The van der Waals surface area contributed by atoms with E-state index in [-0.39, 0.29) is 0 Å². The Hall–Kier alpha value is -0.930. The van der Waals surface area contributed by atoms with E-state index in [0.717, 1.165) is 12.1 Å². The van der Waals surface area contributed by atoms with Crippen LogP contribution < -0.4 is 10.1 Å². The minimum Gasteiger partial charge on any atom is -0.495 e. The third-order valence-corrected chi connectivity index (χ3v) is 3.79. The minimum atomic E-state index is 0.380. The summed E-state index contributed by atoms with van der Waals surface area (Å²) >= 11 is 6.01. The van der Waals surface area contributed by atoms with Gasteiger partial charge in [0, 0.05) is 24.9 Å². The van der Waals surface area contributed by atoms with Gasteiger partial charge in [0.2, 0.25) is 0 Å². The summed E-state index contributed by atoms with van der Waals surface area (Å²) < 4.78 is 10.7. The standard InChI is InChI=1S/C14H20ClNO2/c1-17-12-5-3-4-10(8-12)16-11-6-7-13(15)14(9-11)18-2/h6-7,9-10,12,16H,3-5,8H2,1-2H3. The Morgan fingerprint density at radius 3 is 2.83 bits per heavy atom. The van der Waals surface area contributed by atoms with Gasteiger partial charge in [0.1, 0.15) is 5.75 Å². The molecule has 100 valence electrons. The van der Waals surface area contributed by atoms with Gasteiger partial charge in [0.05, 0.1) is 18.2 Å². The van der Waals surface area contributed by atoms with Gasteiger partial charge >= 0.3 is 0 Å². The molecular weight excluding hydrogens is 250 g/mol. The van der Waals surface area contributed by atoms with Crippen LogP contribution in [0.1, 0.15) is 25.7 Å². The van der Waals surface area contributed by atoms with Gasteiger partial charge in [-0.15, -0.1) is 0 Å². The topological polar surface area (TPSA) is 30.5 Å². The highest BCUT2D eigenvalue weighted by atomic mass is 35.5. The summed E-state index contributed by atoms with van der Waals surface area (Å²) in [6.07, 6.45) is 5.00. The summed E-state index contributed by atoms with van der Waals surface area (Å²) in [6.45, 7) is 0. The van der Waals surface area contributed by atoms with Crippen molar-refractivity contribution in [2.45, 2.75) is 37.8 Å². The smallest absolute Gasteiger partial charge is 0.139 e. The fraction of sp³-hybridized carbons (Fsp3) is 0.571. The van der Waals surface area contributed by atoms with E-state index in [0.29, 0.717) is 22.9 Å². The largest absolute Gasteiger partial charge is 0.495 e. The molecule has 1 fully saturated rings. The number of rotatable bonds is 4. The summed E-state index contributed by atoms with van der Waals surface area (Å²) in [5, 5.41) is 4.17. The van der Waals surface area contributed by atoms with Gasteiger partial charge in [0.15, 0.2) is 0 Å². The zero-order valence-corrected chi connectivity index (χ0v) is 11.7. The number of ether oxygens (including phenoxy) is 2. The van der Waals surface area contributed by atoms with Gasteiger partial charge < -0.3 is 14.8 Å². The van der Waals surface area contributed by atoms with Crippen LogP contribution in [0.4, 0.5) is 5.69 Å². The third kappa shape index (κ3) is 3.30. The van der Waals surface area contributed by atoms with Crippen molar-refractivity contribution in [3.05, 3.63) is 23.2 Å². The number of methoxy groups -OCH3 is 2. The van der Waals surface area contributed by atoms with Crippen LogP contribution >= 0.6 is 11.6 Å². The highest BCUT2D eigenvalue weighted by molar-refractivity contribution is 6.32. The molecule has 4 heteroatoms. The zero-order chi connectivity index (χ0) is 13.0. The van der Waals surface area contributed by atoms with E-state index in [9.17, 15) is 0 Å². The summed E-state index contributed by atoms with van der Waals surface area (Å²) in [5.41, 5.74) is 1.05. The molecule has 0 radical (unpaired) electrons. The first-order valence-corrected chi connectivity index (χ1v) is 6.73. The molecule has 2 unspecified atom stereocenters. The third-order valence-electron chi connectivity index (χ3n) is 3.48. The molecule has 3 nitrogen and oxygen atoms in total. The van der Waals surface area contributed by atoms with Crippen molar-refractivity contribution in [3.63, 3.8) is 0 Å². The maximum absolute atomic E-state index is 6.01. The highest BCUT2D eigenvalue weighted by Gasteiger charge is 2.21. The molecule has 0 heterocycles. The van der Waals surface area contributed by atoms with E-state index < -0.39 is 0 Å². The van der Waals surface area contributed by atoms with Crippen LogP contribution in [0.3, 0.4) is 0 Å². The molecule has 1 aromatic carbocycles. The molecule has 0 aliphatic heterocycles. The summed E-state index contributed by atoms with van der Waals surface area (Å²) in [6, 6.07) is 6.26. The van der Waals surface area contributed by atoms with Crippen molar-refractivity contribution in [1.82, 2.24) is 0 Å². The molecule has 1 aliphatic rings. The maximum Gasteiger partial charge on any atom is 0.139 e. The molecule has 0 aromatic heterocycles. The van der Waals surface area contributed by atoms with Crippen LogP contribution in [0, 0.1) is 0 Å². The summed E-state index contributed by atoms with van der Waals surface area (Å²) in [5.74, 6) is 0.709. The number of hydrogen-bond acceptors (Lipinski definition) is 3. The molecule has 0 bridgehead atoms. The lowest BCUT2D eigenvalue weighted by Crippen LogP contribution is -2.30. The van der Waals surface area contributed by atoms with Crippen molar-refractivity contribution in [2.75, 3.05) is 19.5 Å². The molecule has 0 saturated heterocycles. The van der Waals surface area contributed by atoms with Crippen LogP contribution in [0.5, 0.6) is 5.75 Å². The minimum absolute atomic E-state index is 0.380. The number of nitrogens with one attached hydrogen (secondary N) is 1. The van der Waals surface area contributed by atoms with Crippen molar-refractivity contribution in [1.29, 1.82) is 0 Å². The monoisotopic (exact) mass is 269 g/mol. The summed E-state index contributed by atoms with van der Waals surface area (Å²) in [4.78, 5) is 0. The molecule has 1 saturated carbocycles. The van der Waals surface area contributed by atoms with Crippen LogP contribution in [-0.2, 0) is 4.74 Å². The van der Waals surface area contributed by atoms with Gasteiger partial charge in [-0.3, -0.25) is 0 Å². The second-order valence-electron chi connectivity index (χ2n) is 4.71. The lowest BCUT2D eigenvalue weighted by molar-refractivity contribution is 0.0669. The predicted octanol–water partition coefficient (Wildman–Crippen LogP) is 3.72. The van der Waals surface area contributed by atoms with E-state index >= 15 is 0 Å². The average Bonchev–Trinajstić information content (AvgIpc) is 2.41. The molecule has 0 spiro atoms. The first-order valence-electron chi connectivity index (χ1n) is 6.36. The lowest BCUT2D eigenvalue weighted by Gasteiger charge is -2.29. The molecule has 0 amide bonds. The van der Waals surface area contributed by atoms with Crippen LogP contribution in [0.15, 0.2) is 18.2 Å². The Morgan fingerprint density at radius 1 is 1.28 bits per heavy atom. The van der Waals surface area contributed by atoms with Crippen molar-refractivity contribution in [3.8, 4) is 5.75 Å². The predicted molar refractivity (Wildman–Crippen MR) is 74.7 cm³/mol. The Bertz CT molecular complexity index is 397. The molecular formula is C14H20ClNO2. The number of benzene rings is 1. The van der Waals surface area contributed by atoms with Crippen LogP contribution in [0.25, 0.3) is 0 Å². The van der Waals surface area contributed by atoms with E-state index in [1.54, 1.807) is 14.2 Å². The van der Waals surface area contributed by atoms with Crippen molar-refractivity contribution in [2.24, 2.45) is 0 Å². The summed E-state index contributed by atoms with van der Waals surface area (Å²) in [7, 11) is 3.42. The molecule has 1 N–H and O–H groups in total. The normalized spacial score (nSPS) is 23.7. The molecule has 1 aromatic rings. The van der Waals surface area contributed by atoms with Crippen LogP contribution in [-0.4, -0.2) is 26.4 Å². The van der Waals surface area contributed by atoms with Crippen molar-refractivity contribution < 1.29 is 9.47 Å². The maximum atomic E-state index is 6.01. The van der Waals surface area contributed by atoms with E-state index in [2.05, 4.69) is 5.32 Å². The fourth-order valence-corrected chi connectivity index (χ4v) is 2.67. The number of hydrogen-bond donors (Lipinski definition) is 1. The second-order valence-corrected chi connectivity index (χ2v) is 5.12. The Balaban J connectivity index is 2.00. The van der Waals surface area contributed by atoms with Crippen molar-refractivity contribution >= 4 is 17.3 Å². The van der Waals surface area contributed by atoms with Crippen LogP contribution in [0.2, 0.25) is 5.02 Å².